The standard InChI is InChI=1S/C18H11Cl2N7S/c1-22-13-6-14(25-8-24-13)27-17-16-12(2-3-23-17)26-18(28-16)15-10(19)4-9(7-21)5-11(15)20/h2-6,8H,1H3,(H2,22,23,24,25,27). The molecule has 0 saturated carbocycles. The van der Waals surface area contributed by atoms with E-state index in [4.69, 9.17) is 28.5 Å². The number of nitriles is 1. The number of benzene rings is 1. The average molecular weight is 428 g/mol. The summed E-state index contributed by atoms with van der Waals surface area (Å²) in [6.45, 7) is 0. The largest absolute Gasteiger partial charge is 0.373 e. The summed E-state index contributed by atoms with van der Waals surface area (Å²) in [4.78, 5) is 17.3. The highest BCUT2D eigenvalue weighted by atomic mass is 35.5. The van der Waals surface area contributed by atoms with E-state index < -0.39 is 0 Å². The number of nitrogens with zero attached hydrogens (tertiary/aromatic N) is 5. The zero-order chi connectivity index (χ0) is 19.7. The lowest BCUT2D eigenvalue weighted by molar-refractivity contribution is 1.15. The first kappa shape index (κ1) is 18.4. The first-order chi connectivity index (χ1) is 13.6. The summed E-state index contributed by atoms with van der Waals surface area (Å²) in [5.41, 5.74) is 1.74. The van der Waals surface area contributed by atoms with Gasteiger partial charge in [-0.15, -0.1) is 11.3 Å². The summed E-state index contributed by atoms with van der Waals surface area (Å²) in [5, 5.41) is 16.6. The Balaban J connectivity index is 1.79. The van der Waals surface area contributed by atoms with Crippen LogP contribution in [0.4, 0.5) is 17.5 Å². The Hall–Kier alpha value is -2.99. The normalized spacial score (nSPS) is 10.6. The van der Waals surface area contributed by atoms with E-state index >= 15 is 0 Å². The third-order valence-corrected chi connectivity index (χ3v) is 5.55. The molecule has 0 bridgehead atoms. The van der Waals surface area contributed by atoms with Crippen molar-refractivity contribution >= 4 is 62.2 Å². The maximum Gasteiger partial charge on any atom is 0.151 e. The molecule has 0 spiro atoms. The van der Waals surface area contributed by atoms with Crippen LogP contribution < -0.4 is 10.6 Å². The number of pyridine rings is 1. The first-order valence-electron chi connectivity index (χ1n) is 8.01. The Labute approximate surface area is 174 Å². The van der Waals surface area contributed by atoms with Crippen LogP contribution in [0.25, 0.3) is 20.8 Å². The van der Waals surface area contributed by atoms with Gasteiger partial charge in [0.25, 0.3) is 0 Å². The Morgan fingerprint density at radius 3 is 2.54 bits per heavy atom. The summed E-state index contributed by atoms with van der Waals surface area (Å²) in [6, 6.07) is 8.77. The topological polar surface area (TPSA) is 99.4 Å². The van der Waals surface area contributed by atoms with Crippen molar-refractivity contribution in [1.29, 1.82) is 5.26 Å². The van der Waals surface area contributed by atoms with Gasteiger partial charge < -0.3 is 10.6 Å². The van der Waals surface area contributed by atoms with Crippen molar-refractivity contribution in [2.24, 2.45) is 0 Å². The van der Waals surface area contributed by atoms with Gasteiger partial charge in [0.1, 0.15) is 23.0 Å². The molecule has 4 rings (SSSR count). The minimum absolute atomic E-state index is 0.375. The lowest BCUT2D eigenvalue weighted by Crippen LogP contribution is -1.99. The maximum absolute atomic E-state index is 9.06. The molecule has 138 valence electrons. The van der Waals surface area contributed by atoms with Crippen LogP contribution >= 0.6 is 34.5 Å². The molecular formula is C18H11Cl2N7S. The smallest absolute Gasteiger partial charge is 0.151 e. The zero-order valence-electron chi connectivity index (χ0n) is 14.4. The quantitative estimate of drug-likeness (QED) is 0.466. The van der Waals surface area contributed by atoms with Crippen LogP contribution in [0.15, 0.2) is 36.8 Å². The third kappa shape index (κ3) is 3.43. The predicted molar refractivity (Wildman–Crippen MR) is 112 cm³/mol. The van der Waals surface area contributed by atoms with Crippen molar-refractivity contribution < 1.29 is 0 Å². The minimum atomic E-state index is 0.375. The van der Waals surface area contributed by atoms with E-state index in [1.165, 1.54) is 17.7 Å². The Bertz CT molecular complexity index is 1210. The van der Waals surface area contributed by atoms with Gasteiger partial charge in [0.2, 0.25) is 0 Å². The summed E-state index contributed by atoms with van der Waals surface area (Å²) in [6.07, 6.45) is 3.12. The van der Waals surface area contributed by atoms with Gasteiger partial charge in [-0.1, -0.05) is 23.2 Å². The van der Waals surface area contributed by atoms with Gasteiger partial charge in [-0.2, -0.15) is 5.26 Å². The molecule has 0 aliphatic rings. The number of aromatic nitrogens is 4. The molecule has 1 aromatic carbocycles. The molecule has 0 aliphatic heterocycles. The zero-order valence-corrected chi connectivity index (χ0v) is 16.7. The van der Waals surface area contributed by atoms with Crippen molar-refractivity contribution in [3.63, 3.8) is 0 Å². The van der Waals surface area contributed by atoms with Crippen LogP contribution in [-0.2, 0) is 0 Å². The van der Waals surface area contributed by atoms with Crippen LogP contribution in [-0.4, -0.2) is 27.0 Å². The molecule has 0 saturated heterocycles. The lowest BCUT2D eigenvalue weighted by Gasteiger charge is -2.06. The average Bonchev–Trinajstić information content (AvgIpc) is 3.12. The highest BCUT2D eigenvalue weighted by molar-refractivity contribution is 7.22. The molecule has 0 amide bonds. The van der Waals surface area contributed by atoms with Crippen molar-refractivity contribution in [3.05, 3.63) is 52.4 Å². The third-order valence-electron chi connectivity index (χ3n) is 3.86. The maximum atomic E-state index is 9.06. The van der Waals surface area contributed by atoms with Gasteiger partial charge in [0, 0.05) is 24.9 Å². The van der Waals surface area contributed by atoms with E-state index in [9.17, 15) is 0 Å². The molecule has 3 aromatic heterocycles. The van der Waals surface area contributed by atoms with E-state index in [1.807, 2.05) is 12.1 Å². The number of hydrogen-bond acceptors (Lipinski definition) is 8. The molecule has 4 aromatic rings. The van der Waals surface area contributed by atoms with E-state index in [1.54, 1.807) is 31.4 Å². The van der Waals surface area contributed by atoms with Crippen LogP contribution in [0.2, 0.25) is 10.0 Å². The number of halogens is 2. The van der Waals surface area contributed by atoms with Crippen LogP contribution in [0.5, 0.6) is 0 Å². The van der Waals surface area contributed by atoms with Crippen LogP contribution in [0, 0.1) is 11.3 Å². The molecular weight excluding hydrogens is 417 g/mol. The summed E-state index contributed by atoms with van der Waals surface area (Å²) >= 11 is 14.1. The summed E-state index contributed by atoms with van der Waals surface area (Å²) in [5.74, 6) is 1.90. The van der Waals surface area contributed by atoms with E-state index in [2.05, 4.69) is 30.6 Å². The fourth-order valence-electron chi connectivity index (χ4n) is 2.58. The second kappa shape index (κ2) is 7.56. The second-order valence-corrected chi connectivity index (χ2v) is 7.43. The summed E-state index contributed by atoms with van der Waals surface area (Å²) < 4.78 is 0.832. The van der Waals surface area contributed by atoms with Gasteiger partial charge in [-0.25, -0.2) is 19.9 Å². The van der Waals surface area contributed by atoms with Crippen molar-refractivity contribution in [2.75, 3.05) is 17.7 Å². The van der Waals surface area contributed by atoms with Gasteiger partial charge in [0.15, 0.2) is 5.82 Å². The van der Waals surface area contributed by atoms with Gasteiger partial charge in [-0.05, 0) is 18.2 Å². The van der Waals surface area contributed by atoms with Crippen LogP contribution in [0.3, 0.4) is 0 Å². The second-order valence-electron chi connectivity index (χ2n) is 5.62. The number of anilines is 3. The molecule has 0 atom stereocenters. The van der Waals surface area contributed by atoms with Crippen molar-refractivity contribution in [2.45, 2.75) is 0 Å². The van der Waals surface area contributed by atoms with Gasteiger partial charge in [-0.3, -0.25) is 0 Å². The monoisotopic (exact) mass is 427 g/mol. The number of thiazole rings is 1. The Kier molecular flexibility index (Phi) is 4.96. The number of hydrogen-bond donors (Lipinski definition) is 2. The van der Waals surface area contributed by atoms with E-state index in [0.29, 0.717) is 43.6 Å². The lowest BCUT2D eigenvalue weighted by atomic mass is 10.1. The van der Waals surface area contributed by atoms with E-state index in [-0.39, 0.29) is 0 Å². The number of fused-ring (bicyclic) bond motifs is 1. The minimum Gasteiger partial charge on any atom is -0.373 e. The van der Waals surface area contributed by atoms with Crippen LogP contribution in [0.1, 0.15) is 5.56 Å². The SMILES string of the molecule is CNc1cc(Nc2nccc3nc(-c4c(Cl)cc(C#N)cc4Cl)sc23)ncn1. The molecule has 28 heavy (non-hydrogen) atoms. The molecule has 0 fully saturated rings. The molecule has 0 radical (unpaired) electrons. The van der Waals surface area contributed by atoms with E-state index in [0.717, 1.165) is 10.2 Å². The molecule has 2 N–H and O–H groups in total. The Morgan fingerprint density at radius 1 is 1.07 bits per heavy atom. The fourth-order valence-corrected chi connectivity index (χ4v) is 4.43. The molecule has 0 aliphatic carbocycles. The number of rotatable bonds is 4. The molecule has 7 nitrogen and oxygen atoms in total. The first-order valence-corrected chi connectivity index (χ1v) is 9.58. The molecule has 3 heterocycles. The Morgan fingerprint density at radius 2 is 1.82 bits per heavy atom. The number of nitrogens with one attached hydrogen (secondary N) is 2. The highest BCUT2D eigenvalue weighted by Crippen LogP contribution is 2.41. The predicted octanol–water partition coefficient (Wildman–Crippen LogP) is 5.11. The molecule has 10 heteroatoms. The van der Waals surface area contributed by atoms with Crippen molar-refractivity contribution in [3.8, 4) is 16.6 Å². The van der Waals surface area contributed by atoms with Gasteiger partial charge in [0.05, 0.1) is 31.9 Å². The van der Waals surface area contributed by atoms with Gasteiger partial charge >= 0.3 is 0 Å². The fraction of sp³-hybridized carbons (Fsp3) is 0.0556. The highest BCUT2D eigenvalue weighted by Gasteiger charge is 2.17. The molecule has 0 unspecified atom stereocenters. The summed E-state index contributed by atoms with van der Waals surface area (Å²) in [7, 11) is 1.78. The van der Waals surface area contributed by atoms with Crippen molar-refractivity contribution in [1.82, 2.24) is 19.9 Å².